The van der Waals surface area contributed by atoms with Crippen LogP contribution in [0, 0.1) is 17.3 Å². The van der Waals surface area contributed by atoms with Crippen molar-refractivity contribution in [3.63, 3.8) is 0 Å². The molecule has 1 heterocycles. The zero-order valence-corrected chi connectivity index (χ0v) is 12.2. The van der Waals surface area contributed by atoms with Crippen molar-refractivity contribution in [3.8, 4) is 0 Å². The Labute approximate surface area is 120 Å². The van der Waals surface area contributed by atoms with Crippen LogP contribution < -0.4 is 0 Å². The summed E-state index contributed by atoms with van der Waals surface area (Å²) in [5, 5.41) is 29.5. The van der Waals surface area contributed by atoms with E-state index in [9.17, 15) is 15.3 Å². The number of hydrogen-bond donors (Lipinski definition) is 3. The summed E-state index contributed by atoms with van der Waals surface area (Å²) in [5.74, 6) is -0.0237. The number of aliphatic hydroxyl groups is 3. The van der Waals surface area contributed by atoms with Gasteiger partial charge in [-0.1, -0.05) is 13.5 Å². The molecule has 1 saturated carbocycles. The van der Waals surface area contributed by atoms with Gasteiger partial charge in [0.25, 0.3) is 0 Å². The molecule has 2 aliphatic rings. The van der Waals surface area contributed by atoms with E-state index in [1.54, 1.807) is 6.92 Å². The lowest BCUT2D eigenvalue weighted by atomic mass is 9.64. The molecule has 2 unspecified atom stereocenters. The number of ether oxygens (including phenoxy) is 1. The van der Waals surface area contributed by atoms with Crippen molar-refractivity contribution in [1.82, 2.24) is 0 Å². The third-order valence-electron chi connectivity index (χ3n) is 4.86. The van der Waals surface area contributed by atoms with Crippen LogP contribution in [0.25, 0.3) is 0 Å². The molecular weight excluding hydrogens is 256 g/mol. The summed E-state index contributed by atoms with van der Waals surface area (Å²) in [7, 11) is 0. The summed E-state index contributed by atoms with van der Waals surface area (Å²) in [6, 6.07) is 0. The summed E-state index contributed by atoms with van der Waals surface area (Å²) < 4.78 is 5.53. The highest BCUT2D eigenvalue weighted by Gasteiger charge is 2.43. The zero-order chi connectivity index (χ0) is 14.9. The van der Waals surface area contributed by atoms with E-state index >= 15 is 0 Å². The second kappa shape index (κ2) is 5.52. The molecule has 112 valence electrons. The summed E-state index contributed by atoms with van der Waals surface area (Å²) in [6.45, 7) is 9.20. The topological polar surface area (TPSA) is 69.9 Å². The molecule has 1 saturated heterocycles. The average Bonchev–Trinajstić information content (AvgIpc) is 2.90. The maximum absolute atomic E-state index is 10.1. The Kier molecular flexibility index (Phi) is 4.14. The first-order valence-electron chi connectivity index (χ1n) is 7.14. The van der Waals surface area contributed by atoms with E-state index in [1.807, 2.05) is 0 Å². The van der Waals surface area contributed by atoms with Crippen LogP contribution in [0.3, 0.4) is 0 Å². The van der Waals surface area contributed by atoms with Crippen LogP contribution in [0.1, 0.15) is 33.1 Å². The maximum atomic E-state index is 10.1. The van der Waals surface area contributed by atoms with Gasteiger partial charge in [-0.15, -0.1) is 0 Å². The van der Waals surface area contributed by atoms with Crippen LogP contribution in [0.15, 0.2) is 35.5 Å². The van der Waals surface area contributed by atoms with Gasteiger partial charge in [0.15, 0.2) is 17.3 Å². The van der Waals surface area contributed by atoms with E-state index in [0.29, 0.717) is 17.4 Å². The second-order valence-electron chi connectivity index (χ2n) is 6.21. The monoisotopic (exact) mass is 280 g/mol. The summed E-state index contributed by atoms with van der Waals surface area (Å²) >= 11 is 0. The molecule has 4 nitrogen and oxygen atoms in total. The molecule has 0 bridgehead atoms. The molecule has 2 fully saturated rings. The molecule has 0 spiro atoms. The number of fused-ring (bicyclic) bond motifs is 1. The minimum atomic E-state index is -0.497. The van der Waals surface area contributed by atoms with E-state index in [-0.39, 0.29) is 16.9 Å². The lowest BCUT2D eigenvalue weighted by Crippen LogP contribution is -2.33. The Morgan fingerprint density at radius 2 is 1.85 bits per heavy atom. The van der Waals surface area contributed by atoms with Crippen LogP contribution in [-0.2, 0) is 4.74 Å². The van der Waals surface area contributed by atoms with Gasteiger partial charge in [-0.2, -0.15) is 0 Å². The van der Waals surface area contributed by atoms with E-state index in [4.69, 9.17) is 4.74 Å². The van der Waals surface area contributed by atoms with Crippen molar-refractivity contribution < 1.29 is 20.1 Å². The fourth-order valence-corrected chi connectivity index (χ4v) is 3.33. The Morgan fingerprint density at radius 3 is 2.50 bits per heavy atom. The van der Waals surface area contributed by atoms with Crippen molar-refractivity contribution in [2.45, 2.75) is 33.1 Å². The minimum absolute atomic E-state index is 0.263. The highest BCUT2D eigenvalue weighted by atomic mass is 16.5. The molecule has 1 aliphatic carbocycles. The summed E-state index contributed by atoms with van der Waals surface area (Å²) in [6.07, 6.45) is 4.18. The van der Waals surface area contributed by atoms with Crippen molar-refractivity contribution in [3.05, 3.63) is 35.5 Å². The molecule has 0 aromatic rings. The lowest BCUT2D eigenvalue weighted by molar-refractivity contribution is 0.155. The zero-order valence-electron chi connectivity index (χ0n) is 12.2. The molecule has 2 rings (SSSR count). The fourth-order valence-electron chi connectivity index (χ4n) is 3.33. The highest BCUT2D eigenvalue weighted by Crippen LogP contribution is 2.50. The van der Waals surface area contributed by atoms with Gasteiger partial charge in [0.1, 0.15) is 0 Å². The quantitative estimate of drug-likeness (QED) is 0.543. The standard InChI is InChI=1S/C16H24O4/c1-4-13(17)15(19)14(18)10(2)16(3)6-5-11-8-20-9-12(11)7-16/h4,11-12,17-19H,2,5-9H2,1,3H3/b13-4+,15-14-/t11-,12?,16?/m0/s1. The van der Waals surface area contributed by atoms with E-state index < -0.39 is 5.76 Å². The van der Waals surface area contributed by atoms with Crippen LogP contribution in [-0.4, -0.2) is 28.5 Å². The second-order valence-corrected chi connectivity index (χ2v) is 6.21. The summed E-state index contributed by atoms with van der Waals surface area (Å²) in [5.41, 5.74) is 0.231. The van der Waals surface area contributed by atoms with Crippen LogP contribution in [0.4, 0.5) is 0 Å². The van der Waals surface area contributed by atoms with Gasteiger partial charge in [-0.25, -0.2) is 0 Å². The molecule has 0 aromatic heterocycles. The Balaban J connectivity index is 2.20. The number of hydrogen-bond acceptors (Lipinski definition) is 4. The van der Waals surface area contributed by atoms with Gasteiger partial charge in [0.2, 0.25) is 0 Å². The average molecular weight is 280 g/mol. The molecule has 3 atom stereocenters. The molecule has 1 aliphatic heterocycles. The molecule has 4 heteroatoms. The maximum Gasteiger partial charge on any atom is 0.200 e. The van der Waals surface area contributed by atoms with Crippen molar-refractivity contribution in [1.29, 1.82) is 0 Å². The molecule has 0 radical (unpaired) electrons. The molecule has 0 amide bonds. The van der Waals surface area contributed by atoms with E-state index in [2.05, 4.69) is 13.5 Å². The van der Waals surface area contributed by atoms with Crippen molar-refractivity contribution in [2.75, 3.05) is 13.2 Å². The minimum Gasteiger partial charge on any atom is -0.504 e. The molecular formula is C16H24O4. The smallest absolute Gasteiger partial charge is 0.200 e. The van der Waals surface area contributed by atoms with Gasteiger partial charge < -0.3 is 20.1 Å². The largest absolute Gasteiger partial charge is 0.504 e. The highest BCUT2D eigenvalue weighted by molar-refractivity contribution is 5.36. The predicted molar refractivity (Wildman–Crippen MR) is 77.6 cm³/mol. The van der Waals surface area contributed by atoms with Gasteiger partial charge >= 0.3 is 0 Å². The first kappa shape index (κ1) is 15.0. The molecule has 3 N–H and O–H groups in total. The van der Waals surface area contributed by atoms with Gasteiger partial charge in [-0.05, 0) is 55.1 Å². The normalized spacial score (nSPS) is 35.4. The first-order chi connectivity index (χ1) is 9.39. The van der Waals surface area contributed by atoms with E-state index in [1.165, 1.54) is 6.08 Å². The van der Waals surface area contributed by atoms with Crippen molar-refractivity contribution >= 4 is 0 Å². The van der Waals surface area contributed by atoms with Gasteiger partial charge in [-0.3, -0.25) is 0 Å². The lowest BCUT2D eigenvalue weighted by Gasteiger charge is -2.40. The first-order valence-corrected chi connectivity index (χ1v) is 7.14. The van der Waals surface area contributed by atoms with Crippen LogP contribution in [0.2, 0.25) is 0 Å². The Morgan fingerprint density at radius 1 is 1.20 bits per heavy atom. The van der Waals surface area contributed by atoms with Gasteiger partial charge in [0.05, 0.1) is 0 Å². The SMILES string of the molecule is C=C(/C(O)=C(O)\C(O)=C/C)C1(C)CC[C@H]2COCC2C1. The summed E-state index contributed by atoms with van der Waals surface area (Å²) in [4.78, 5) is 0. The Bertz CT molecular complexity index is 463. The molecule has 0 aromatic carbocycles. The van der Waals surface area contributed by atoms with Crippen molar-refractivity contribution in [2.24, 2.45) is 17.3 Å². The fraction of sp³-hybridized carbons (Fsp3) is 0.625. The third kappa shape index (κ3) is 2.57. The van der Waals surface area contributed by atoms with Crippen LogP contribution in [0.5, 0.6) is 0 Å². The van der Waals surface area contributed by atoms with Crippen LogP contribution >= 0.6 is 0 Å². The van der Waals surface area contributed by atoms with E-state index in [0.717, 1.165) is 32.5 Å². The predicted octanol–water partition coefficient (Wildman–Crippen LogP) is 3.78. The number of aliphatic hydroxyl groups excluding tert-OH is 3. The third-order valence-corrected chi connectivity index (χ3v) is 4.86. The number of allylic oxidation sites excluding steroid dienone is 2. The van der Waals surface area contributed by atoms with Gasteiger partial charge in [0, 0.05) is 13.2 Å². The number of rotatable bonds is 3. The Hall–Kier alpha value is -1.42. The molecule has 20 heavy (non-hydrogen) atoms.